The van der Waals surface area contributed by atoms with Gasteiger partial charge in [0.2, 0.25) is 0 Å². The van der Waals surface area contributed by atoms with Crippen LogP contribution in [0.25, 0.3) is 0 Å². The first kappa shape index (κ1) is 11.6. The normalized spacial score (nSPS) is 17.4. The number of carbonyl (C=O) groups is 1. The summed E-state index contributed by atoms with van der Waals surface area (Å²) in [4.78, 5) is 15.1. The summed E-state index contributed by atoms with van der Waals surface area (Å²) in [7, 11) is 3.53. The second-order valence-electron chi connectivity index (χ2n) is 4.52. The lowest BCUT2D eigenvalue weighted by Gasteiger charge is -2.21. The van der Waals surface area contributed by atoms with Crippen LogP contribution in [0, 0.1) is 5.41 Å². The van der Waals surface area contributed by atoms with Crippen molar-refractivity contribution in [1.29, 1.82) is 0 Å². The van der Waals surface area contributed by atoms with Crippen LogP contribution in [0.1, 0.15) is 17.7 Å². The van der Waals surface area contributed by atoms with Gasteiger partial charge in [0.15, 0.2) is 0 Å². The summed E-state index contributed by atoms with van der Waals surface area (Å²) >= 11 is 1.75. The summed E-state index contributed by atoms with van der Waals surface area (Å²) in [5, 5.41) is 2.08. The molecule has 0 atom stereocenters. The number of ether oxygens (including phenoxy) is 1. The van der Waals surface area contributed by atoms with Gasteiger partial charge in [-0.25, -0.2) is 0 Å². The zero-order chi connectivity index (χ0) is 11.6. The molecule has 0 unspecified atom stereocenters. The number of hydrogen-bond acceptors (Lipinski definition) is 4. The fraction of sp³-hybridized carbons (Fsp3) is 0.583. The topological polar surface area (TPSA) is 29.5 Å². The number of thiophene rings is 1. The van der Waals surface area contributed by atoms with Crippen LogP contribution in [0.5, 0.6) is 0 Å². The predicted octanol–water partition coefficient (Wildman–Crippen LogP) is 2.13. The van der Waals surface area contributed by atoms with E-state index in [2.05, 4.69) is 29.5 Å². The molecule has 1 aromatic heterocycles. The van der Waals surface area contributed by atoms with Crippen molar-refractivity contribution < 1.29 is 9.53 Å². The lowest BCUT2D eigenvalue weighted by atomic mass is 10.1. The average Bonchev–Trinajstić information content (AvgIpc) is 2.85. The smallest absolute Gasteiger partial charge is 0.313 e. The Bertz CT molecular complexity index is 357. The molecule has 3 nitrogen and oxygen atoms in total. The summed E-state index contributed by atoms with van der Waals surface area (Å²) < 4.78 is 4.85. The van der Waals surface area contributed by atoms with Gasteiger partial charge in [-0.1, -0.05) is 6.07 Å². The van der Waals surface area contributed by atoms with Crippen molar-refractivity contribution in [2.75, 3.05) is 20.7 Å². The van der Waals surface area contributed by atoms with Crippen LogP contribution < -0.4 is 0 Å². The number of esters is 1. The molecule has 16 heavy (non-hydrogen) atoms. The maximum Gasteiger partial charge on any atom is 0.313 e. The van der Waals surface area contributed by atoms with E-state index in [0.717, 1.165) is 25.9 Å². The molecule has 1 fully saturated rings. The van der Waals surface area contributed by atoms with Crippen molar-refractivity contribution in [2.24, 2.45) is 5.41 Å². The third kappa shape index (κ3) is 2.44. The molecule has 2 rings (SSSR count). The van der Waals surface area contributed by atoms with Crippen LogP contribution in [0.3, 0.4) is 0 Å². The number of methoxy groups -OCH3 is 1. The molecular formula is C12H17NO2S. The summed E-state index contributed by atoms with van der Waals surface area (Å²) in [6.07, 6.45) is 1.93. The number of nitrogens with zero attached hydrogens (tertiary/aromatic N) is 1. The molecule has 0 spiro atoms. The van der Waals surface area contributed by atoms with Crippen LogP contribution in [0.15, 0.2) is 17.5 Å². The minimum Gasteiger partial charge on any atom is -0.469 e. The van der Waals surface area contributed by atoms with Crippen molar-refractivity contribution in [3.05, 3.63) is 22.4 Å². The third-order valence-electron chi connectivity index (χ3n) is 3.05. The minimum absolute atomic E-state index is 0.0504. The van der Waals surface area contributed by atoms with Gasteiger partial charge >= 0.3 is 5.97 Å². The SMILES string of the molecule is COC(=O)C1(CN(C)Cc2cccs2)CC1. The summed E-state index contributed by atoms with van der Waals surface area (Å²) in [6.45, 7) is 1.72. The van der Waals surface area contributed by atoms with Crippen LogP contribution in [-0.4, -0.2) is 31.6 Å². The van der Waals surface area contributed by atoms with Crippen LogP contribution in [0.2, 0.25) is 0 Å². The lowest BCUT2D eigenvalue weighted by Crippen LogP contribution is -2.32. The molecule has 1 aliphatic carbocycles. The molecule has 4 heteroatoms. The van der Waals surface area contributed by atoms with E-state index in [1.807, 2.05) is 0 Å². The minimum atomic E-state index is -0.208. The molecule has 0 N–H and O–H groups in total. The first-order valence-corrected chi connectivity index (χ1v) is 6.34. The molecule has 0 amide bonds. The fourth-order valence-electron chi connectivity index (χ4n) is 2.04. The zero-order valence-corrected chi connectivity index (χ0v) is 10.5. The van der Waals surface area contributed by atoms with E-state index in [0.29, 0.717) is 0 Å². The maximum atomic E-state index is 11.6. The highest BCUT2D eigenvalue weighted by atomic mass is 32.1. The monoisotopic (exact) mass is 239 g/mol. The standard InChI is InChI=1S/C12H17NO2S/c1-13(8-10-4-3-7-16-10)9-12(5-6-12)11(14)15-2/h3-4,7H,5-6,8-9H2,1-2H3. The van der Waals surface area contributed by atoms with E-state index in [1.165, 1.54) is 12.0 Å². The predicted molar refractivity (Wildman–Crippen MR) is 64.3 cm³/mol. The Morgan fingerprint density at radius 2 is 2.38 bits per heavy atom. The lowest BCUT2D eigenvalue weighted by molar-refractivity contribution is -0.147. The Balaban J connectivity index is 1.88. The van der Waals surface area contributed by atoms with Crippen molar-refractivity contribution in [1.82, 2.24) is 4.90 Å². The van der Waals surface area contributed by atoms with Gasteiger partial charge in [0.25, 0.3) is 0 Å². The van der Waals surface area contributed by atoms with Gasteiger partial charge in [-0.3, -0.25) is 4.79 Å². The van der Waals surface area contributed by atoms with Gasteiger partial charge in [-0.15, -0.1) is 11.3 Å². The van der Waals surface area contributed by atoms with Crippen molar-refractivity contribution in [2.45, 2.75) is 19.4 Å². The van der Waals surface area contributed by atoms with Crippen LogP contribution in [-0.2, 0) is 16.1 Å². The molecule has 88 valence electrons. The Kier molecular flexibility index (Phi) is 3.30. The zero-order valence-electron chi connectivity index (χ0n) is 9.73. The van der Waals surface area contributed by atoms with Gasteiger partial charge in [0.1, 0.15) is 0 Å². The van der Waals surface area contributed by atoms with E-state index in [-0.39, 0.29) is 11.4 Å². The largest absolute Gasteiger partial charge is 0.469 e. The number of hydrogen-bond donors (Lipinski definition) is 0. The summed E-state index contributed by atoms with van der Waals surface area (Å²) in [5.41, 5.74) is -0.208. The quantitative estimate of drug-likeness (QED) is 0.737. The van der Waals surface area contributed by atoms with E-state index in [4.69, 9.17) is 4.74 Å². The molecule has 0 saturated heterocycles. The van der Waals surface area contributed by atoms with Crippen LogP contribution >= 0.6 is 11.3 Å². The summed E-state index contributed by atoms with van der Waals surface area (Å²) in [5.74, 6) is -0.0504. The van der Waals surface area contributed by atoms with Gasteiger partial charge in [0, 0.05) is 18.0 Å². The van der Waals surface area contributed by atoms with Crippen molar-refractivity contribution in [3.63, 3.8) is 0 Å². The first-order valence-electron chi connectivity index (χ1n) is 5.46. The third-order valence-corrected chi connectivity index (χ3v) is 3.91. The maximum absolute atomic E-state index is 11.6. The van der Waals surface area contributed by atoms with E-state index in [9.17, 15) is 4.79 Å². The average molecular weight is 239 g/mol. The Morgan fingerprint density at radius 3 is 2.88 bits per heavy atom. The molecule has 0 aromatic carbocycles. The molecule has 0 aliphatic heterocycles. The van der Waals surface area contributed by atoms with Crippen molar-refractivity contribution >= 4 is 17.3 Å². The van der Waals surface area contributed by atoms with E-state index in [1.54, 1.807) is 11.3 Å². The van der Waals surface area contributed by atoms with Gasteiger partial charge < -0.3 is 9.64 Å². The molecule has 1 aliphatic rings. The highest BCUT2D eigenvalue weighted by Gasteiger charge is 2.51. The second-order valence-corrected chi connectivity index (χ2v) is 5.56. The number of carbonyl (C=O) groups excluding carboxylic acids is 1. The van der Waals surface area contributed by atoms with E-state index >= 15 is 0 Å². The highest BCUT2D eigenvalue weighted by molar-refractivity contribution is 7.09. The molecule has 0 radical (unpaired) electrons. The van der Waals surface area contributed by atoms with Gasteiger partial charge in [0.05, 0.1) is 12.5 Å². The molecule has 0 bridgehead atoms. The number of rotatable bonds is 5. The van der Waals surface area contributed by atoms with Crippen LogP contribution in [0.4, 0.5) is 0 Å². The Morgan fingerprint density at radius 1 is 1.62 bits per heavy atom. The molecular weight excluding hydrogens is 222 g/mol. The first-order chi connectivity index (χ1) is 7.66. The molecule has 1 saturated carbocycles. The van der Waals surface area contributed by atoms with E-state index < -0.39 is 0 Å². The summed E-state index contributed by atoms with van der Waals surface area (Å²) in [6, 6.07) is 4.18. The molecule has 1 heterocycles. The highest BCUT2D eigenvalue weighted by Crippen LogP contribution is 2.47. The molecule has 1 aromatic rings. The fourth-order valence-corrected chi connectivity index (χ4v) is 2.82. The Labute approximate surface area is 100 Å². The second kappa shape index (κ2) is 4.55. The van der Waals surface area contributed by atoms with Gasteiger partial charge in [-0.05, 0) is 31.3 Å². The van der Waals surface area contributed by atoms with Gasteiger partial charge in [-0.2, -0.15) is 0 Å². The Hall–Kier alpha value is -0.870. The van der Waals surface area contributed by atoms with Crippen molar-refractivity contribution in [3.8, 4) is 0 Å².